The minimum absolute atomic E-state index is 0.0116. The van der Waals surface area contributed by atoms with Crippen LogP contribution in [0, 0.1) is 39.7 Å². The number of benzene rings is 2. The number of nitrogens with one attached hydrogen (secondary N) is 1. The van der Waals surface area contributed by atoms with Crippen LogP contribution in [-0.2, 0) is 4.74 Å². The third-order valence-electron chi connectivity index (χ3n) is 11.5. The number of carboxylic acid groups (broad SMARTS) is 1. The van der Waals surface area contributed by atoms with Gasteiger partial charge < -0.3 is 24.2 Å². The van der Waals surface area contributed by atoms with E-state index < -0.39 is 40.9 Å². The zero-order chi connectivity index (χ0) is 36.8. The quantitative estimate of drug-likeness (QED) is 0.199. The van der Waals surface area contributed by atoms with Crippen molar-refractivity contribution in [3.05, 3.63) is 34.4 Å². The van der Waals surface area contributed by atoms with Gasteiger partial charge in [0, 0.05) is 30.5 Å². The number of alkyl halides is 1. The summed E-state index contributed by atoms with van der Waals surface area (Å²) in [6.07, 6.45) is 1.26. The second-order valence-corrected chi connectivity index (χ2v) is 15.8. The van der Waals surface area contributed by atoms with Gasteiger partial charge in [-0.25, -0.2) is 18.0 Å². The number of hydrogen-bond donors (Lipinski definition) is 2. The Kier molecular flexibility index (Phi) is 8.05. The molecule has 2 aromatic heterocycles. The van der Waals surface area contributed by atoms with E-state index >= 15 is 8.78 Å². The minimum atomic E-state index is -1.46. The lowest BCUT2D eigenvalue weighted by Crippen LogP contribution is -2.51. The molecule has 0 bridgehead atoms. The van der Waals surface area contributed by atoms with Crippen molar-refractivity contribution in [2.24, 2.45) is 5.41 Å². The van der Waals surface area contributed by atoms with Gasteiger partial charge in [-0.05, 0) is 50.3 Å². The Balaban J connectivity index is 1.29. The average molecular weight is 766 g/mol. The van der Waals surface area contributed by atoms with Crippen LogP contribution in [0.4, 0.5) is 28.8 Å². The van der Waals surface area contributed by atoms with Crippen LogP contribution in [0.15, 0.2) is 12.1 Å². The van der Waals surface area contributed by atoms with E-state index in [-0.39, 0.29) is 84.5 Å². The highest BCUT2D eigenvalue weighted by Crippen LogP contribution is 2.56. The fraction of sp³-hybridized carbons (Fsp3) is 0.472. The number of halogens is 4. The Morgan fingerprint density at radius 1 is 1.21 bits per heavy atom. The molecule has 4 fully saturated rings. The van der Waals surface area contributed by atoms with Gasteiger partial charge in [-0.3, -0.25) is 10.2 Å². The molecule has 5 aliphatic rings. The molecule has 0 spiro atoms. The van der Waals surface area contributed by atoms with E-state index in [1.165, 1.54) is 6.07 Å². The molecule has 2 unspecified atom stereocenters. The van der Waals surface area contributed by atoms with E-state index in [1.54, 1.807) is 0 Å². The molecule has 1 amide bonds. The minimum Gasteiger partial charge on any atom is -0.489 e. The van der Waals surface area contributed by atoms with Crippen LogP contribution < -0.4 is 19.7 Å². The zero-order valence-corrected chi connectivity index (χ0v) is 29.6. The molecule has 4 aromatic rings. The number of thiophene rings is 1. The van der Waals surface area contributed by atoms with E-state index in [0.717, 1.165) is 25.5 Å². The molecule has 53 heavy (non-hydrogen) atoms. The van der Waals surface area contributed by atoms with Crippen molar-refractivity contribution in [1.82, 2.24) is 14.9 Å². The number of aromatic nitrogens is 2. The maximum Gasteiger partial charge on any atom is 0.409 e. The van der Waals surface area contributed by atoms with E-state index in [9.17, 15) is 24.8 Å². The molecular weight excluding hydrogens is 735 g/mol. The lowest BCUT2D eigenvalue weighted by Gasteiger charge is -2.38. The first-order chi connectivity index (χ1) is 25.6. The molecule has 274 valence electrons. The summed E-state index contributed by atoms with van der Waals surface area (Å²) in [5.41, 5.74) is -2.02. The lowest BCUT2D eigenvalue weighted by molar-refractivity contribution is 0.107. The van der Waals surface area contributed by atoms with Crippen LogP contribution in [-0.4, -0.2) is 89.4 Å². The Labute approximate surface area is 309 Å². The van der Waals surface area contributed by atoms with Crippen molar-refractivity contribution in [1.29, 1.82) is 10.5 Å². The Hall–Kier alpha value is -4.61. The molecule has 0 radical (unpaired) electrons. The molecular formula is C36H31ClF3N7O5S. The van der Waals surface area contributed by atoms with Crippen LogP contribution in [0.5, 0.6) is 11.8 Å². The Morgan fingerprint density at radius 2 is 2.04 bits per heavy atom. The van der Waals surface area contributed by atoms with E-state index in [4.69, 9.17) is 30.8 Å². The molecule has 17 heteroatoms. The maximum absolute atomic E-state index is 17.5. The number of hydrogen-bond acceptors (Lipinski definition) is 11. The third kappa shape index (κ3) is 5.25. The standard InChI is InChI=1S/C36H31ClF3N7O5S/c37-26-24(19-2-3-21(39)30-23(19)20(11-41)32(53-30)45-34(48)49)27(40)28-25-29(26)51-14-22(35(15-42)6-7-35)47(18-4-9-50-13-18)31(25)44-33(43-28)52-16-36-5-1-8-46(36)12-17(38)10-36/h2-3,17-18,22,45H,1,4-10,12-14,16H2,(H,48,49)/t17-,18?,22?,36+/m1/s1. The van der Waals surface area contributed by atoms with E-state index in [0.29, 0.717) is 56.8 Å². The molecule has 2 aromatic carbocycles. The number of fused-ring (bicyclic) bond motifs is 2. The van der Waals surface area contributed by atoms with Crippen LogP contribution in [0.1, 0.15) is 44.1 Å². The second kappa shape index (κ2) is 12.5. The van der Waals surface area contributed by atoms with Crippen molar-refractivity contribution < 1.29 is 37.3 Å². The van der Waals surface area contributed by atoms with Gasteiger partial charge in [0.15, 0.2) is 11.6 Å². The first kappa shape index (κ1) is 34.2. The largest absolute Gasteiger partial charge is 0.489 e. The Bertz CT molecular complexity index is 2310. The first-order valence-electron chi connectivity index (χ1n) is 17.4. The number of nitriles is 2. The summed E-state index contributed by atoms with van der Waals surface area (Å²) in [7, 11) is 0. The van der Waals surface area contributed by atoms with Gasteiger partial charge in [-0.1, -0.05) is 17.7 Å². The summed E-state index contributed by atoms with van der Waals surface area (Å²) in [6.45, 7) is 1.90. The van der Waals surface area contributed by atoms with Gasteiger partial charge in [0.1, 0.15) is 47.6 Å². The number of carbonyl (C=O) groups is 1. The highest BCUT2D eigenvalue weighted by Gasteiger charge is 2.56. The fourth-order valence-electron chi connectivity index (χ4n) is 8.82. The first-order valence-corrected chi connectivity index (χ1v) is 18.6. The molecule has 6 heterocycles. The van der Waals surface area contributed by atoms with Crippen molar-refractivity contribution in [3.8, 4) is 35.0 Å². The van der Waals surface area contributed by atoms with Crippen LogP contribution in [0.3, 0.4) is 0 Å². The summed E-state index contributed by atoms with van der Waals surface area (Å²) in [5, 5.41) is 31.9. The molecule has 1 saturated carbocycles. The van der Waals surface area contributed by atoms with Crippen molar-refractivity contribution in [2.45, 2.75) is 62.3 Å². The lowest BCUT2D eigenvalue weighted by atomic mass is 9.94. The predicted molar refractivity (Wildman–Crippen MR) is 188 cm³/mol. The second-order valence-electron chi connectivity index (χ2n) is 14.4. The maximum atomic E-state index is 17.5. The van der Waals surface area contributed by atoms with Crippen LogP contribution in [0.25, 0.3) is 32.1 Å². The van der Waals surface area contributed by atoms with E-state index in [1.807, 2.05) is 11.0 Å². The molecule has 1 aliphatic carbocycles. The van der Waals surface area contributed by atoms with E-state index in [2.05, 4.69) is 21.3 Å². The molecule has 4 aliphatic heterocycles. The summed E-state index contributed by atoms with van der Waals surface area (Å²) in [4.78, 5) is 25.1. The topological polar surface area (TPSA) is 157 Å². The molecule has 3 saturated heterocycles. The van der Waals surface area contributed by atoms with Crippen molar-refractivity contribution in [2.75, 3.05) is 49.7 Å². The smallest absolute Gasteiger partial charge is 0.409 e. The van der Waals surface area contributed by atoms with Crippen LogP contribution in [0.2, 0.25) is 5.02 Å². The van der Waals surface area contributed by atoms with Crippen LogP contribution >= 0.6 is 22.9 Å². The number of amides is 1. The summed E-state index contributed by atoms with van der Waals surface area (Å²) in [5.74, 6) is -1.39. The van der Waals surface area contributed by atoms with Crippen molar-refractivity contribution >= 4 is 60.8 Å². The number of rotatable bonds is 7. The highest BCUT2D eigenvalue weighted by molar-refractivity contribution is 7.23. The molecule has 4 atom stereocenters. The highest BCUT2D eigenvalue weighted by atomic mass is 35.5. The van der Waals surface area contributed by atoms with Gasteiger partial charge >= 0.3 is 12.1 Å². The van der Waals surface area contributed by atoms with Gasteiger partial charge in [-0.15, -0.1) is 11.3 Å². The van der Waals surface area contributed by atoms with Gasteiger partial charge in [-0.2, -0.15) is 20.5 Å². The summed E-state index contributed by atoms with van der Waals surface area (Å²) in [6, 6.07) is 5.84. The third-order valence-corrected chi connectivity index (χ3v) is 13.0. The normalized spacial score (nSPS) is 25.8. The monoisotopic (exact) mass is 765 g/mol. The number of nitrogens with zero attached hydrogens (tertiary/aromatic N) is 6. The fourth-order valence-corrected chi connectivity index (χ4v) is 10.2. The Morgan fingerprint density at radius 3 is 2.75 bits per heavy atom. The van der Waals surface area contributed by atoms with Gasteiger partial charge in [0.25, 0.3) is 0 Å². The number of anilines is 2. The average Bonchev–Trinajstić information content (AvgIpc) is 3.37. The van der Waals surface area contributed by atoms with Gasteiger partial charge in [0.05, 0.1) is 56.4 Å². The zero-order valence-electron chi connectivity index (χ0n) is 28.1. The summed E-state index contributed by atoms with van der Waals surface area (Å²) < 4.78 is 66.0. The molecule has 2 N–H and O–H groups in total. The number of ether oxygens (including phenoxy) is 3. The van der Waals surface area contributed by atoms with Gasteiger partial charge in [0.2, 0.25) is 0 Å². The summed E-state index contributed by atoms with van der Waals surface area (Å²) >= 11 is 7.83. The molecule has 12 nitrogen and oxygen atoms in total. The molecule has 9 rings (SSSR count). The van der Waals surface area contributed by atoms with Crippen molar-refractivity contribution in [3.63, 3.8) is 0 Å². The SMILES string of the molecule is N#Cc1c(NC(=O)O)sc2c(F)ccc(-c3c(Cl)c4c5c(nc(OC[C@@]67CCCN6C[C@H](F)C7)nc5c3F)N(C3CCOC3)C(C3(C#N)CC3)CO4)c12. The predicted octanol–water partition coefficient (Wildman–Crippen LogP) is 7.02.